The first kappa shape index (κ1) is 18.1. The Balaban J connectivity index is 1.71. The number of aromatic amines is 1. The molecule has 6 heteroatoms. The van der Waals surface area contributed by atoms with E-state index < -0.39 is 0 Å². The summed E-state index contributed by atoms with van der Waals surface area (Å²) in [4.78, 5) is 16.2. The average Bonchev–Trinajstić information content (AvgIpc) is 2.85. The van der Waals surface area contributed by atoms with Crippen LogP contribution in [0.4, 0.5) is 0 Å². The molecule has 0 atom stereocenters. The number of hydrogen-bond acceptors (Lipinski definition) is 4. The highest BCUT2D eigenvalue weighted by molar-refractivity contribution is 5.86. The molecule has 4 rings (SSSR count). The van der Waals surface area contributed by atoms with Gasteiger partial charge in [0.25, 0.3) is 5.56 Å². The van der Waals surface area contributed by atoms with Crippen molar-refractivity contribution in [2.24, 2.45) is 11.5 Å². The molecule has 3 aromatic rings. The van der Waals surface area contributed by atoms with Crippen molar-refractivity contribution in [3.05, 3.63) is 81.6 Å². The van der Waals surface area contributed by atoms with Crippen LogP contribution in [0.1, 0.15) is 30.2 Å². The zero-order valence-electron chi connectivity index (χ0n) is 16.0. The van der Waals surface area contributed by atoms with Crippen molar-refractivity contribution >= 4 is 16.6 Å². The van der Waals surface area contributed by atoms with Gasteiger partial charge in [-0.15, -0.1) is 0 Å². The Morgan fingerprint density at radius 1 is 1.18 bits per heavy atom. The van der Waals surface area contributed by atoms with Crippen molar-refractivity contribution in [3.8, 4) is 5.69 Å². The molecule has 6 nitrogen and oxygen atoms in total. The Morgan fingerprint density at radius 2 is 2.04 bits per heavy atom. The van der Waals surface area contributed by atoms with E-state index in [9.17, 15) is 4.79 Å². The predicted octanol–water partition coefficient (Wildman–Crippen LogP) is 2.52. The molecule has 0 saturated carbocycles. The number of aryl methyl sites for hydroxylation is 1. The smallest absolute Gasteiger partial charge is 0.255 e. The fourth-order valence-corrected chi connectivity index (χ4v) is 3.66. The third-order valence-corrected chi connectivity index (χ3v) is 5.12. The lowest BCUT2D eigenvalue weighted by atomic mass is 10.1. The maximum atomic E-state index is 12.7. The average molecular weight is 375 g/mol. The molecule has 0 fully saturated rings. The molecule has 0 bridgehead atoms. The standard InChI is InChI=1S/C22H25N5O/c1-14(23)4-7-19(24)15-8-10-27(22(28)11-15)16-5-6-17-18-13-25-9-2-3-20(18)26-21(17)12-16/h4-8,10-12,25-26H,2-3,9,13,23-24H2,1H3/b14-4-,19-7-. The van der Waals surface area contributed by atoms with E-state index in [2.05, 4.69) is 16.4 Å². The summed E-state index contributed by atoms with van der Waals surface area (Å²) >= 11 is 0. The van der Waals surface area contributed by atoms with E-state index in [4.69, 9.17) is 11.5 Å². The number of aromatic nitrogens is 2. The maximum absolute atomic E-state index is 12.7. The van der Waals surface area contributed by atoms with Gasteiger partial charge in [0.05, 0.1) is 5.69 Å². The third-order valence-electron chi connectivity index (χ3n) is 5.12. The number of fused-ring (bicyclic) bond motifs is 3. The summed E-state index contributed by atoms with van der Waals surface area (Å²) in [5, 5.41) is 4.68. The largest absolute Gasteiger partial charge is 0.402 e. The third kappa shape index (κ3) is 3.46. The van der Waals surface area contributed by atoms with Gasteiger partial charge in [-0.05, 0) is 62.2 Å². The molecule has 0 radical (unpaired) electrons. The quantitative estimate of drug-likeness (QED) is 0.528. The number of benzene rings is 1. The molecule has 0 unspecified atom stereocenters. The molecule has 0 aliphatic carbocycles. The van der Waals surface area contributed by atoms with Crippen LogP contribution in [0.15, 0.2) is 59.2 Å². The van der Waals surface area contributed by atoms with Crippen LogP contribution < -0.4 is 22.3 Å². The number of H-pyrrole nitrogens is 1. The number of allylic oxidation sites excluding steroid dienone is 3. The lowest BCUT2D eigenvalue weighted by molar-refractivity contribution is 0.680. The molecule has 1 aromatic carbocycles. The summed E-state index contributed by atoms with van der Waals surface area (Å²) in [7, 11) is 0. The molecule has 1 aliphatic rings. The molecular weight excluding hydrogens is 350 g/mol. The van der Waals surface area contributed by atoms with Gasteiger partial charge in [0.15, 0.2) is 0 Å². The Hall–Kier alpha value is -3.25. The first-order valence-corrected chi connectivity index (χ1v) is 9.50. The zero-order chi connectivity index (χ0) is 19.7. The van der Waals surface area contributed by atoms with Gasteiger partial charge in [0, 0.05) is 52.4 Å². The van der Waals surface area contributed by atoms with Gasteiger partial charge in [-0.25, -0.2) is 0 Å². The SMILES string of the molecule is C/C(N)=C/C=C(\N)c1ccn(-c2ccc3c4c([nH]c3c2)CCCNC4)c(=O)c1. The van der Waals surface area contributed by atoms with Gasteiger partial charge in [-0.3, -0.25) is 9.36 Å². The fourth-order valence-electron chi connectivity index (χ4n) is 3.66. The summed E-state index contributed by atoms with van der Waals surface area (Å²) in [5.74, 6) is 0. The minimum atomic E-state index is -0.128. The summed E-state index contributed by atoms with van der Waals surface area (Å²) in [6.45, 7) is 3.71. The normalized spacial score (nSPS) is 15.5. The van der Waals surface area contributed by atoms with Crippen LogP contribution in [0, 0.1) is 0 Å². The zero-order valence-corrected chi connectivity index (χ0v) is 16.0. The molecule has 2 aromatic heterocycles. The second-order valence-electron chi connectivity index (χ2n) is 7.25. The van der Waals surface area contributed by atoms with Crippen molar-refractivity contribution in [1.82, 2.24) is 14.9 Å². The lowest BCUT2D eigenvalue weighted by Gasteiger charge is -2.08. The van der Waals surface area contributed by atoms with Crippen LogP contribution >= 0.6 is 0 Å². The van der Waals surface area contributed by atoms with Gasteiger partial charge in [0.1, 0.15) is 0 Å². The molecule has 144 valence electrons. The number of nitrogens with zero attached hydrogens (tertiary/aromatic N) is 1. The molecular formula is C22H25N5O. The fraction of sp³-hybridized carbons (Fsp3) is 0.227. The van der Waals surface area contributed by atoms with Crippen molar-refractivity contribution in [2.75, 3.05) is 6.54 Å². The first-order chi connectivity index (χ1) is 13.5. The van der Waals surface area contributed by atoms with Gasteiger partial charge in [-0.2, -0.15) is 0 Å². The Morgan fingerprint density at radius 3 is 2.82 bits per heavy atom. The molecule has 0 spiro atoms. The van der Waals surface area contributed by atoms with Gasteiger partial charge >= 0.3 is 0 Å². The van der Waals surface area contributed by atoms with Crippen LogP contribution in [-0.2, 0) is 13.0 Å². The van der Waals surface area contributed by atoms with E-state index in [0.29, 0.717) is 17.0 Å². The Kier molecular flexibility index (Phi) is 4.79. The number of pyridine rings is 1. The summed E-state index contributed by atoms with van der Waals surface area (Å²) in [6.07, 6.45) is 7.36. The van der Waals surface area contributed by atoms with Crippen LogP contribution in [0.3, 0.4) is 0 Å². The summed E-state index contributed by atoms with van der Waals surface area (Å²) in [6, 6.07) is 9.50. The van der Waals surface area contributed by atoms with E-state index in [1.54, 1.807) is 35.9 Å². The van der Waals surface area contributed by atoms with Crippen LogP contribution in [0.5, 0.6) is 0 Å². The van der Waals surface area contributed by atoms with E-state index >= 15 is 0 Å². The van der Waals surface area contributed by atoms with E-state index in [1.165, 1.54) is 16.6 Å². The highest BCUT2D eigenvalue weighted by Crippen LogP contribution is 2.26. The molecule has 0 amide bonds. The second-order valence-corrected chi connectivity index (χ2v) is 7.25. The number of hydrogen-bond donors (Lipinski definition) is 4. The number of rotatable bonds is 3. The monoisotopic (exact) mass is 375 g/mol. The van der Waals surface area contributed by atoms with Crippen molar-refractivity contribution in [3.63, 3.8) is 0 Å². The molecule has 6 N–H and O–H groups in total. The lowest BCUT2D eigenvalue weighted by Crippen LogP contribution is -2.17. The highest BCUT2D eigenvalue weighted by Gasteiger charge is 2.14. The van der Waals surface area contributed by atoms with Gasteiger partial charge in [-0.1, -0.05) is 6.07 Å². The van der Waals surface area contributed by atoms with E-state index in [1.807, 2.05) is 18.2 Å². The number of nitrogens with one attached hydrogen (secondary N) is 2. The van der Waals surface area contributed by atoms with Crippen LogP contribution in [-0.4, -0.2) is 16.1 Å². The van der Waals surface area contributed by atoms with Gasteiger partial charge < -0.3 is 21.8 Å². The van der Waals surface area contributed by atoms with Crippen molar-refractivity contribution < 1.29 is 0 Å². The topological polar surface area (TPSA) is 102 Å². The Labute approximate surface area is 163 Å². The molecule has 28 heavy (non-hydrogen) atoms. The van der Waals surface area contributed by atoms with Crippen LogP contribution in [0.2, 0.25) is 0 Å². The van der Waals surface area contributed by atoms with Crippen molar-refractivity contribution in [2.45, 2.75) is 26.3 Å². The van der Waals surface area contributed by atoms with E-state index in [0.717, 1.165) is 37.1 Å². The summed E-state index contributed by atoms with van der Waals surface area (Å²) < 4.78 is 1.63. The maximum Gasteiger partial charge on any atom is 0.255 e. The molecule has 3 heterocycles. The van der Waals surface area contributed by atoms with Crippen molar-refractivity contribution in [1.29, 1.82) is 0 Å². The first-order valence-electron chi connectivity index (χ1n) is 9.50. The predicted molar refractivity (Wildman–Crippen MR) is 114 cm³/mol. The Bertz CT molecular complexity index is 1150. The minimum absolute atomic E-state index is 0.128. The van der Waals surface area contributed by atoms with E-state index in [-0.39, 0.29) is 5.56 Å². The number of nitrogens with two attached hydrogens (primary N) is 2. The molecule has 0 saturated heterocycles. The highest BCUT2D eigenvalue weighted by atomic mass is 16.1. The minimum Gasteiger partial charge on any atom is -0.402 e. The molecule has 1 aliphatic heterocycles. The second kappa shape index (κ2) is 7.40. The van der Waals surface area contributed by atoms with Crippen LogP contribution in [0.25, 0.3) is 22.3 Å². The summed E-state index contributed by atoms with van der Waals surface area (Å²) in [5.41, 5.74) is 17.9. The van der Waals surface area contributed by atoms with Gasteiger partial charge in [0.2, 0.25) is 0 Å².